The van der Waals surface area contributed by atoms with Gasteiger partial charge in [-0.15, -0.1) is 0 Å². The van der Waals surface area contributed by atoms with Gasteiger partial charge in [-0.25, -0.2) is 4.98 Å². The van der Waals surface area contributed by atoms with Gasteiger partial charge in [0.05, 0.1) is 22.7 Å². The summed E-state index contributed by atoms with van der Waals surface area (Å²) in [6, 6.07) is 9.79. The van der Waals surface area contributed by atoms with Gasteiger partial charge < -0.3 is 15.0 Å². The maximum absolute atomic E-state index is 12.0. The summed E-state index contributed by atoms with van der Waals surface area (Å²) in [5, 5.41) is 3.40. The van der Waals surface area contributed by atoms with Gasteiger partial charge in [0.15, 0.2) is 0 Å². The van der Waals surface area contributed by atoms with Crippen LogP contribution in [0.2, 0.25) is 5.02 Å². The number of aromatic nitrogens is 2. The summed E-state index contributed by atoms with van der Waals surface area (Å²) in [6.45, 7) is 5.66. The normalized spacial score (nSPS) is 14.6. The summed E-state index contributed by atoms with van der Waals surface area (Å²) >= 11 is 6.64. The highest BCUT2D eigenvalue weighted by molar-refractivity contribution is 6.32. The second-order valence-corrected chi connectivity index (χ2v) is 8.79. The zero-order valence-electron chi connectivity index (χ0n) is 18.8. The van der Waals surface area contributed by atoms with Crippen LogP contribution in [-0.4, -0.2) is 47.5 Å². The highest BCUT2D eigenvalue weighted by Crippen LogP contribution is 2.30. The fraction of sp³-hybridized carbons (Fsp3) is 0.440. The maximum Gasteiger partial charge on any atom is 0.251 e. The highest BCUT2D eigenvalue weighted by Gasteiger charge is 2.15. The number of imidazole rings is 1. The molecular formula is C25H31ClN4O2. The van der Waals surface area contributed by atoms with Crippen LogP contribution in [0.3, 0.4) is 0 Å². The van der Waals surface area contributed by atoms with Gasteiger partial charge in [0.1, 0.15) is 11.6 Å². The van der Waals surface area contributed by atoms with Crippen molar-refractivity contribution in [2.45, 2.75) is 45.6 Å². The van der Waals surface area contributed by atoms with E-state index in [1.807, 2.05) is 31.2 Å². The number of amides is 1. The predicted molar refractivity (Wildman–Crippen MR) is 129 cm³/mol. The zero-order chi connectivity index (χ0) is 22.5. The number of rotatable bonds is 8. The fourth-order valence-corrected chi connectivity index (χ4v) is 4.57. The van der Waals surface area contributed by atoms with Crippen LogP contribution in [0.1, 0.15) is 53.0 Å². The molecule has 6 nitrogen and oxygen atoms in total. The van der Waals surface area contributed by atoms with Gasteiger partial charge in [-0.3, -0.25) is 9.69 Å². The largest absolute Gasteiger partial charge is 0.492 e. The van der Waals surface area contributed by atoms with Gasteiger partial charge in [-0.05, 0) is 68.6 Å². The molecule has 1 aromatic heterocycles. The van der Waals surface area contributed by atoms with Crippen LogP contribution in [0.5, 0.6) is 5.75 Å². The fourth-order valence-electron chi connectivity index (χ4n) is 4.33. The molecule has 0 radical (unpaired) electrons. The van der Waals surface area contributed by atoms with E-state index in [2.05, 4.69) is 21.3 Å². The number of fused-ring (bicyclic) bond motifs is 1. The van der Waals surface area contributed by atoms with E-state index in [1.54, 1.807) is 7.05 Å². The number of carbonyl (C=O) groups excluding carboxylic acids is 1. The molecule has 1 amide bonds. The molecule has 4 rings (SSSR count). The van der Waals surface area contributed by atoms with Crippen LogP contribution in [0.25, 0.3) is 11.0 Å². The molecule has 32 heavy (non-hydrogen) atoms. The lowest BCUT2D eigenvalue weighted by atomic mass is 10.1. The van der Waals surface area contributed by atoms with E-state index < -0.39 is 0 Å². The Balaban J connectivity index is 1.34. The Hall–Kier alpha value is -2.57. The van der Waals surface area contributed by atoms with Gasteiger partial charge in [-0.2, -0.15) is 0 Å². The quantitative estimate of drug-likeness (QED) is 0.476. The number of H-pyrrole nitrogens is 1. The summed E-state index contributed by atoms with van der Waals surface area (Å²) < 4.78 is 6.01. The molecule has 0 aliphatic carbocycles. The lowest BCUT2D eigenvalue weighted by molar-refractivity contribution is 0.0962. The summed E-state index contributed by atoms with van der Waals surface area (Å²) in [6.07, 6.45) is 5.43. The van der Waals surface area contributed by atoms with E-state index in [1.165, 1.54) is 19.3 Å². The number of ether oxygens (including phenoxy) is 1. The van der Waals surface area contributed by atoms with Crippen molar-refractivity contribution in [3.05, 3.63) is 57.9 Å². The standard InChI is InChI=1S/C25H31ClN4O2/c1-17-19(25(31)27-2)11-12-20-24(17)29-22(28-20)10-7-15-32-21-9-6-8-18(23(21)26)16-30-13-4-3-5-14-30/h6,8-9,11-12H,3-5,7,10,13-16H2,1-2H3,(H,27,31)(H,28,29). The van der Waals surface area contributed by atoms with Gasteiger partial charge in [0.25, 0.3) is 5.91 Å². The number of halogens is 1. The number of aryl methyl sites for hydroxylation is 2. The summed E-state index contributed by atoms with van der Waals surface area (Å²) in [7, 11) is 1.64. The Morgan fingerprint density at radius 2 is 2.03 bits per heavy atom. The Kier molecular flexibility index (Phi) is 7.33. The van der Waals surface area contributed by atoms with Gasteiger partial charge in [0, 0.05) is 25.6 Å². The molecule has 0 bridgehead atoms. The molecule has 0 spiro atoms. The van der Waals surface area contributed by atoms with E-state index in [0.717, 1.165) is 71.2 Å². The van der Waals surface area contributed by atoms with Crippen molar-refractivity contribution in [3.63, 3.8) is 0 Å². The van der Waals surface area contributed by atoms with Crippen LogP contribution in [0.4, 0.5) is 0 Å². The number of nitrogens with one attached hydrogen (secondary N) is 2. The topological polar surface area (TPSA) is 70.2 Å². The van der Waals surface area contributed by atoms with Crippen LogP contribution < -0.4 is 10.1 Å². The lowest BCUT2D eigenvalue weighted by Gasteiger charge is -2.27. The second-order valence-electron chi connectivity index (χ2n) is 8.41. The summed E-state index contributed by atoms with van der Waals surface area (Å²) in [4.78, 5) is 22.5. The molecular weight excluding hydrogens is 424 g/mol. The number of hydrogen-bond acceptors (Lipinski definition) is 4. The molecule has 2 heterocycles. The van der Waals surface area contributed by atoms with E-state index in [-0.39, 0.29) is 5.91 Å². The first-order valence-electron chi connectivity index (χ1n) is 11.4. The molecule has 1 aliphatic heterocycles. The molecule has 1 fully saturated rings. The SMILES string of the molecule is CNC(=O)c1ccc2[nH]c(CCCOc3cccc(CN4CCCCC4)c3Cl)nc2c1C. The molecule has 0 unspecified atom stereocenters. The number of piperidine rings is 1. The van der Waals surface area contributed by atoms with Crippen LogP contribution in [0, 0.1) is 6.92 Å². The van der Waals surface area contributed by atoms with Gasteiger partial charge >= 0.3 is 0 Å². The van der Waals surface area contributed by atoms with Crippen molar-refractivity contribution in [3.8, 4) is 5.75 Å². The first-order chi connectivity index (χ1) is 15.6. The third-order valence-corrected chi connectivity index (χ3v) is 6.56. The Bertz CT molecular complexity index is 1090. The average molecular weight is 455 g/mol. The lowest BCUT2D eigenvalue weighted by Crippen LogP contribution is -2.29. The molecule has 3 aromatic rings. The molecule has 0 atom stereocenters. The monoisotopic (exact) mass is 454 g/mol. The van der Waals surface area contributed by atoms with Crippen molar-refractivity contribution in [2.24, 2.45) is 0 Å². The summed E-state index contributed by atoms with van der Waals surface area (Å²) in [5.41, 5.74) is 4.46. The summed E-state index contributed by atoms with van der Waals surface area (Å²) in [5.74, 6) is 1.55. The van der Waals surface area contributed by atoms with Gasteiger partial charge in [-0.1, -0.05) is 30.2 Å². The van der Waals surface area contributed by atoms with E-state index in [4.69, 9.17) is 21.3 Å². The maximum atomic E-state index is 12.0. The van der Waals surface area contributed by atoms with Crippen LogP contribution >= 0.6 is 11.6 Å². The Labute approximate surface area is 194 Å². The minimum absolute atomic E-state index is 0.0956. The van der Waals surface area contributed by atoms with Crippen molar-refractivity contribution in [1.29, 1.82) is 0 Å². The predicted octanol–water partition coefficient (Wildman–Crippen LogP) is 4.88. The van der Waals surface area contributed by atoms with Crippen LogP contribution in [-0.2, 0) is 13.0 Å². The average Bonchev–Trinajstić information content (AvgIpc) is 3.23. The molecule has 1 aliphatic rings. The highest BCUT2D eigenvalue weighted by atomic mass is 35.5. The number of hydrogen-bond donors (Lipinski definition) is 2. The second kappa shape index (κ2) is 10.4. The Morgan fingerprint density at radius 3 is 2.81 bits per heavy atom. The number of likely N-dealkylation sites (tertiary alicyclic amines) is 1. The smallest absolute Gasteiger partial charge is 0.251 e. The van der Waals surface area contributed by atoms with Gasteiger partial charge in [0.2, 0.25) is 0 Å². The number of nitrogens with zero attached hydrogens (tertiary/aromatic N) is 2. The first kappa shape index (κ1) is 22.6. The van der Waals surface area contributed by atoms with Crippen molar-refractivity contribution < 1.29 is 9.53 Å². The third-order valence-electron chi connectivity index (χ3n) is 6.13. The zero-order valence-corrected chi connectivity index (χ0v) is 19.6. The molecule has 2 aromatic carbocycles. The molecule has 0 saturated carbocycles. The van der Waals surface area contributed by atoms with E-state index >= 15 is 0 Å². The number of carbonyl (C=O) groups is 1. The Morgan fingerprint density at radius 1 is 1.22 bits per heavy atom. The molecule has 170 valence electrons. The number of benzene rings is 2. The molecule has 1 saturated heterocycles. The number of aromatic amines is 1. The third kappa shape index (κ3) is 5.08. The minimum Gasteiger partial charge on any atom is -0.492 e. The molecule has 2 N–H and O–H groups in total. The van der Waals surface area contributed by atoms with E-state index in [9.17, 15) is 4.79 Å². The molecule has 7 heteroatoms. The van der Waals surface area contributed by atoms with Crippen LogP contribution in [0.15, 0.2) is 30.3 Å². The van der Waals surface area contributed by atoms with E-state index in [0.29, 0.717) is 12.2 Å². The minimum atomic E-state index is -0.0956. The first-order valence-corrected chi connectivity index (χ1v) is 11.8. The van der Waals surface area contributed by atoms with Crippen molar-refractivity contribution in [1.82, 2.24) is 20.2 Å². The van der Waals surface area contributed by atoms with Crippen molar-refractivity contribution in [2.75, 3.05) is 26.7 Å². The van der Waals surface area contributed by atoms with Crippen molar-refractivity contribution >= 4 is 28.5 Å².